The summed E-state index contributed by atoms with van der Waals surface area (Å²) < 4.78 is 15.1. The first-order valence-corrected chi connectivity index (χ1v) is 9.37. The Morgan fingerprint density at radius 3 is 2.67 bits per heavy atom. The van der Waals surface area contributed by atoms with Gasteiger partial charge in [-0.15, -0.1) is 11.3 Å². The molecular formula is C19H20ClFN2S. The second kappa shape index (κ2) is 7.23. The lowest BCUT2D eigenvalue weighted by Crippen LogP contribution is -2.38. The van der Waals surface area contributed by atoms with Crippen LogP contribution in [0.3, 0.4) is 0 Å². The number of thiophene rings is 1. The summed E-state index contributed by atoms with van der Waals surface area (Å²) in [6.07, 6.45) is 2.66. The summed E-state index contributed by atoms with van der Waals surface area (Å²) in [5, 5.41) is 10.8. The van der Waals surface area contributed by atoms with Crippen LogP contribution in [0.5, 0.6) is 0 Å². The second-order valence-electron chi connectivity index (χ2n) is 6.88. The number of rotatable bonds is 4. The Morgan fingerprint density at radius 1 is 1.33 bits per heavy atom. The summed E-state index contributed by atoms with van der Waals surface area (Å²) in [7, 11) is 0. The van der Waals surface area contributed by atoms with Gasteiger partial charge in [0.15, 0.2) is 0 Å². The molecule has 0 aliphatic carbocycles. The number of halogens is 2. The van der Waals surface area contributed by atoms with Crippen LogP contribution in [0.15, 0.2) is 29.6 Å². The van der Waals surface area contributed by atoms with E-state index in [1.807, 2.05) is 17.5 Å². The van der Waals surface area contributed by atoms with E-state index in [2.05, 4.69) is 17.9 Å². The van der Waals surface area contributed by atoms with Gasteiger partial charge in [0.2, 0.25) is 0 Å². The van der Waals surface area contributed by atoms with E-state index < -0.39 is 0 Å². The first kappa shape index (κ1) is 17.4. The maximum absolute atomic E-state index is 14.4. The van der Waals surface area contributed by atoms with Gasteiger partial charge in [-0.2, -0.15) is 5.26 Å². The summed E-state index contributed by atoms with van der Waals surface area (Å²) >= 11 is 7.35. The van der Waals surface area contributed by atoms with Crippen molar-refractivity contribution in [3.8, 4) is 17.2 Å². The van der Waals surface area contributed by atoms with Gasteiger partial charge < -0.3 is 0 Å². The van der Waals surface area contributed by atoms with E-state index in [9.17, 15) is 4.39 Å². The van der Waals surface area contributed by atoms with Crippen LogP contribution in [0.4, 0.5) is 4.39 Å². The number of benzene rings is 1. The molecule has 0 radical (unpaired) electrons. The molecule has 126 valence electrons. The molecule has 0 unspecified atom stereocenters. The predicted octanol–water partition coefficient (Wildman–Crippen LogP) is 5.72. The van der Waals surface area contributed by atoms with Crippen molar-refractivity contribution in [2.24, 2.45) is 5.41 Å². The number of likely N-dealkylation sites (tertiary alicyclic amines) is 1. The molecule has 0 spiro atoms. The quantitative estimate of drug-likeness (QED) is 0.695. The first-order chi connectivity index (χ1) is 11.5. The lowest BCUT2D eigenvalue weighted by molar-refractivity contribution is 0.116. The normalized spacial score (nSPS) is 17.6. The summed E-state index contributed by atoms with van der Waals surface area (Å²) in [5.41, 5.74) is 2.56. The van der Waals surface area contributed by atoms with Crippen LogP contribution in [0.1, 0.15) is 31.7 Å². The van der Waals surface area contributed by atoms with E-state index in [0.717, 1.165) is 43.6 Å². The maximum Gasteiger partial charge on any atom is 0.131 e. The molecule has 2 nitrogen and oxygen atoms in total. The highest BCUT2D eigenvalue weighted by Gasteiger charge is 2.29. The molecule has 0 N–H and O–H groups in total. The summed E-state index contributed by atoms with van der Waals surface area (Å²) in [6.45, 7) is 4.86. The number of hydrogen-bond acceptors (Lipinski definition) is 3. The van der Waals surface area contributed by atoms with E-state index in [1.54, 1.807) is 12.1 Å². The molecule has 5 heteroatoms. The molecule has 3 rings (SSSR count). The van der Waals surface area contributed by atoms with Gasteiger partial charge in [-0.25, -0.2) is 4.39 Å². The van der Waals surface area contributed by atoms with Gasteiger partial charge in [0.1, 0.15) is 5.82 Å². The summed E-state index contributed by atoms with van der Waals surface area (Å²) in [5.74, 6) is -0.201. The fourth-order valence-corrected chi connectivity index (χ4v) is 4.10. The third-order valence-electron chi connectivity index (χ3n) is 4.89. The average molecular weight is 363 g/mol. The van der Waals surface area contributed by atoms with Crippen LogP contribution in [-0.4, -0.2) is 18.0 Å². The highest BCUT2D eigenvalue weighted by molar-refractivity contribution is 7.14. The molecule has 0 saturated carbocycles. The molecule has 0 atom stereocenters. The van der Waals surface area contributed by atoms with Crippen LogP contribution in [-0.2, 0) is 6.54 Å². The lowest BCUT2D eigenvalue weighted by Gasteiger charge is -2.38. The fraction of sp³-hybridized carbons (Fsp3) is 0.421. The van der Waals surface area contributed by atoms with Crippen molar-refractivity contribution >= 4 is 22.9 Å². The number of nitrogens with zero attached hydrogens (tertiary/aromatic N) is 2. The molecule has 24 heavy (non-hydrogen) atoms. The molecule has 2 aromatic rings. The van der Waals surface area contributed by atoms with Crippen LogP contribution < -0.4 is 0 Å². The van der Waals surface area contributed by atoms with Gasteiger partial charge in [0.25, 0.3) is 0 Å². The monoisotopic (exact) mass is 362 g/mol. The molecule has 0 bridgehead atoms. The van der Waals surface area contributed by atoms with Crippen molar-refractivity contribution in [1.82, 2.24) is 4.90 Å². The Balaban J connectivity index is 1.65. The Bertz CT molecular complexity index is 757. The van der Waals surface area contributed by atoms with Gasteiger partial charge in [-0.05, 0) is 54.6 Å². The zero-order valence-electron chi connectivity index (χ0n) is 13.7. The molecular weight excluding hydrogens is 343 g/mol. The third-order valence-corrected chi connectivity index (χ3v) is 5.98. The van der Waals surface area contributed by atoms with E-state index in [1.165, 1.54) is 11.3 Å². The minimum absolute atomic E-state index is 0.137. The Hall–Kier alpha value is -1.41. The lowest BCUT2D eigenvalue weighted by atomic mass is 9.78. The van der Waals surface area contributed by atoms with Crippen LogP contribution in [0, 0.1) is 22.6 Å². The fourth-order valence-electron chi connectivity index (χ4n) is 3.22. The van der Waals surface area contributed by atoms with Crippen molar-refractivity contribution in [3.63, 3.8) is 0 Å². The van der Waals surface area contributed by atoms with Crippen molar-refractivity contribution in [2.45, 2.75) is 32.7 Å². The van der Waals surface area contributed by atoms with Gasteiger partial charge in [0, 0.05) is 23.9 Å². The molecule has 1 aromatic carbocycles. The minimum Gasteiger partial charge on any atom is -0.299 e. The Morgan fingerprint density at radius 2 is 2.08 bits per heavy atom. The van der Waals surface area contributed by atoms with Crippen molar-refractivity contribution < 1.29 is 4.39 Å². The highest BCUT2D eigenvalue weighted by Crippen LogP contribution is 2.35. The van der Waals surface area contributed by atoms with Crippen LogP contribution in [0.2, 0.25) is 4.34 Å². The van der Waals surface area contributed by atoms with Gasteiger partial charge in [-0.1, -0.05) is 30.7 Å². The SMILES string of the molecule is CC1(CC#N)CCN(Cc2ccc(-c3csc(Cl)c3)c(F)c2)CC1. The third kappa shape index (κ3) is 3.97. The standard InChI is InChI=1S/C19H20ClFN2S/c1-19(4-7-22)5-8-23(9-6-19)12-14-2-3-16(17(21)10-14)15-11-18(20)24-13-15/h2-3,10-11,13H,4-6,8-9,12H2,1H3. The predicted molar refractivity (Wildman–Crippen MR) is 97.6 cm³/mol. The van der Waals surface area contributed by atoms with E-state index in [0.29, 0.717) is 16.3 Å². The molecule has 2 heterocycles. The van der Waals surface area contributed by atoms with E-state index >= 15 is 0 Å². The molecule has 1 aliphatic rings. The minimum atomic E-state index is -0.201. The van der Waals surface area contributed by atoms with Crippen LogP contribution >= 0.6 is 22.9 Å². The smallest absolute Gasteiger partial charge is 0.131 e. The van der Waals surface area contributed by atoms with Crippen molar-refractivity contribution in [2.75, 3.05) is 13.1 Å². The maximum atomic E-state index is 14.4. The van der Waals surface area contributed by atoms with Crippen molar-refractivity contribution in [3.05, 3.63) is 45.4 Å². The Kier molecular flexibility index (Phi) is 5.24. The number of nitriles is 1. The van der Waals surface area contributed by atoms with Crippen molar-refractivity contribution in [1.29, 1.82) is 5.26 Å². The van der Waals surface area contributed by atoms with Gasteiger partial charge >= 0.3 is 0 Å². The zero-order chi connectivity index (χ0) is 17.2. The largest absolute Gasteiger partial charge is 0.299 e. The first-order valence-electron chi connectivity index (χ1n) is 8.11. The van der Waals surface area contributed by atoms with E-state index in [4.69, 9.17) is 16.9 Å². The summed E-state index contributed by atoms with van der Waals surface area (Å²) in [6, 6.07) is 9.56. The molecule has 1 fully saturated rings. The number of piperidine rings is 1. The molecule has 1 aromatic heterocycles. The Labute approximate surface area is 151 Å². The zero-order valence-corrected chi connectivity index (χ0v) is 15.3. The average Bonchev–Trinajstić information content (AvgIpc) is 2.96. The second-order valence-corrected chi connectivity index (χ2v) is 8.42. The highest BCUT2D eigenvalue weighted by atomic mass is 35.5. The topological polar surface area (TPSA) is 27.0 Å². The molecule has 0 amide bonds. The molecule has 1 saturated heterocycles. The molecule has 1 aliphatic heterocycles. The van der Waals surface area contributed by atoms with E-state index in [-0.39, 0.29) is 11.2 Å². The van der Waals surface area contributed by atoms with Crippen LogP contribution in [0.25, 0.3) is 11.1 Å². The van der Waals surface area contributed by atoms with Gasteiger partial charge in [-0.3, -0.25) is 4.90 Å². The number of hydrogen-bond donors (Lipinski definition) is 0. The summed E-state index contributed by atoms with van der Waals surface area (Å²) in [4.78, 5) is 2.34. The van der Waals surface area contributed by atoms with Gasteiger partial charge in [0.05, 0.1) is 10.4 Å².